The fourth-order valence-corrected chi connectivity index (χ4v) is 2.06. The van der Waals surface area contributed by atoms with Crippen LogP contribution in [0.2, 0.25) is 5.02 Å². The molecule has 5 nitrogen and oxygen atoms in total. The highest BCUT2D eigenvalue weighted by molar-refractivity contribution is 6.33. The van der Waals surface area contributed by atoms with Gasteiger partial charge in [0.15, 0.2) is 0 Å². The van der Waals surface area contributed by atoms with Crippen LogP contribution in [0.3, 0.4) is 0 Å². The number of nitrogens with one attached hydrogen (secondary N) is 2. The standard InChI is InChI=1S/C15H18ClN3O2/c1-10(2)9-13(15(21)18-8-7-17)19-14(20)11-5-3-4-6-12(11)16/h3-6,10,13H,8-9H2,1-2H3,(H,18,21)(H,19,20)/t13-/m0/s1. The number of hydrogen-bond acceptors (Lipinski definition) is 3. The lowest BCUT2D eigenvalue weighted by molar-refractivity contribution is -0.123. The Hall–Kier alpha value is -2.06. The highest BCUT2D eigenvalue weighted by atomic mass is 35.5. The molecule has 1 rings (SSSR count). The molecule has 0 unspecified atom stereocenters. The molecule has 1 aromatic rings. The molecule has 0 aromatic heterocycles. The van der Waals surface area contributed by atoms with E-state index in [4.69, 9.17) is 16.9 Å². The molecule has 2 amide bonds. The average Bonchev–Trinajstić information content (AvgIpc) is 2.43. The maximum atomic E-state index is 12.2. The number of carbonyl (C=O) groups excluding carboxylic acids is 2. The first-order valence-electron chi connectivity index (χ1n) is 6.65. The summed E-state index contributed by atoms with van der Waals surface area (Å²) >= 11 is 5.97. The molecule has 0 saturated heterocycles. The van der Waals surface area contributed by atoms with E-state index in [0.29, 0.717) is 17.0 Å². The number of benzene rings is 1. The van der Waals surface area contributed by atoms with Gasteiger partial charge in [-0.2, -0.15) is 5.26 Å². The molecule has 0 fully saturated rings. The molecule has 0 heterocycles. The smallest absolute Gasteiger partial charge is 0.253 e. The predicted molar refractivity (Wildman–Crippen MR) is 80.8 cm³/mol. The summed E-state index contributed by atoms with van der Waals surface area (Å²) in [6, 6.07) is 7.78. The Morgan fingerprint density at radius 2 is 2.00 bits per heavy atom. The zero-order chi connectivity index (χ0) is 15.8. The van der Waals surface area contributed by atoms with Crippen LogP contribution < -0.4 is 10.6 Å². The molecule has 1 atom stereocenters. The number of hydrogen-bond donors (Lipinski definition) is 2. The molecule has 112 valence electrons. The first-order chi connectivity index (χ1) is 9.95. The van der Waals surface area contributed by atoms with Crippen LogP contribution in [0.1, 0.15) is 30.6 Å². The second kappa shape index (κ2) is 8.28. The van der Waals surface area contributed by atoms with Gasteiger partial charge in [0.05, 0.1) is 16.7 Å². The maximum absolute atomic E-state index is 12.2. The van der Waals surface area contributed by atoms with E-state index < -0.39 is 11.9 Å². The Morgan fingerprint density at radius 1 is 1.33 bits per heavy atom. The third kappa shape index (κ3) is 5.44. The van der Waals surface area contributed by atoms with Crippen LogP contribution in [0, 0.1) is 17.2 Å². The van der Waals surface area contributed by atoms with E-state index in [9.17, 15) is 9.59 Å². The van der Waals surface area contributed by atoms with Gasteiger partial charge >= 0.3 is 0 Å². The van der Waals surface area contributed by atoms with E-state index >= 15 is 0 Å². The van der Waals surface area contributed by atoms with Crippen LogP contribution in [0.15, 0.2) is 24.3 Å². The Kier molecular flexibility index (Phi) is 6.70. The van der Waals surface area contributed by atoms with Crippen molar-refractivity contribution in [1.82, 2.24) is 10.6 Å². The number of amides is 2. The van der Waals surface area contributed by atoms with Crippen molar-refractivity contribution in [3.8, 4) is 6.07 Å². The Labute approximate surface area is 129 Å². The Morgan fingerprint density at radius 3 is 2.57 bits per heavy atom. The lowest BCUT2D eigenvalue weighted by Crippen LogP contribution is -2.47. The van der Waals surface area contributed by atoms with E-state index in [0.717, 1.165) is 0 Å². The number of nitriles is 1. The lowest BCUT2D eigenvalue weighted by atomic mass is 10.0. The molecular formula is C15H18ClN3O2. The number of nitrogens with zero attached hydrogens (tertiary/aromatic N) is 1. The van der Waals surface area contributed by atoms with E-state index in [2.05, 4.69) is 10.6 Å². The monoisotopic (exact) mass is 307 g/mol. The van der Waals surface area contributed by atoms with Gasteiger partial charge in [-0.3, -0.25) is 9.59 Å². The van der Waals surface area contributed by atoms with E-state index in [1.165, 1.54) is 0 Å². The second-order valence-corrected chi connectivity index (χ2v) is 5.42. The fraction of sp³-hybridized carbons (Fsp3) is 0.400. The Bertz CT molecular complexity index is 552. The van der Waals surface area contributed by atoms with Gasteiger partial charge in [-0.15, -0.1) is 0 Å². The quantitative estimate of drug-likeness (QED) is 0.790. The normalized spacial score (nSPS) is 11.6. The average molecular weight is 308 g/mol. The topological polar surface area (TPSA) is 82.0 Å². The van der Waals surface area contributed by atoms with Gasteiger partial charge in [0, 0.05) is 0 Å². The summed E-state index contributed by atoms with van der Waals surface area (Å²) in [7, 11) is 0. The van der Waals surface area contributed by atoms with Crippen molar-refractivity contribution in [3.05, 3.63) is 34.9 Å². The van der Waals surface area contributed by atoms with Crippen molar-refractivity contribution in [2.45, 2.75) is 26.3 Å². The van der Waals surface area contributed by atoms with Gasteiger partial charge in [0.1, 0.15) is 12.6 Å². The van der Waals surface area contributed by atoms with E-state index in [-0.39, 0.29) is 18.4 Å². The zero-order valence-corrected chi connectivity index (χ0v) is 12.8. The predicted octanol–water partition coefficient (Wildman–Crippen LogP) is 2.12. The molecule has 0 aliphatic rings. The molecule has 0 radical (unpaired) electrons. The molecule has 21 heavy (non-hydrogen) atoms. The maximum Gasteiger partial charge on any atom is 0.253 e. The third-order valence-corrected chi connectivity index (χ3v) is 3.12. The minimum absolute atomic E-state index is 0.0879. The van der Waals surface area contributed by atoms with Crippen molar-refractivity contribution >= 4 is 23.4 Å². The highest BCUT2D eigenvalue weighted by Crippen LogP contribution is 2.15. The lowest BCUT2D eigenvalue weighted by Gasteiger charge is -2.19. The van der Waals surface area contributed by atoms with Crippen LogP contribution in [0.25, 0.3) is 0 Å². The molecule has 0 aliphatic carbocycles. The fourth-order valence-electron chi connectivity index (χ4n) is 1.83. The first kappa shape index (κ1) is 17.0. The molecule has 6 heteroatoms. The van der Waals surface area contributed by atoms with Crippen molar-refractivity contribution in [2.75, 3.05) is 6.54 Å². The van der Waals surface area contributed by atoms with Crippen LogP contribution in [0.4, 0.5) is 0 Å². The Balaban J connectivity index is 2.81. The van der Waals surface area contributed by atoms with Crippen molar-refractivity contribution in [3.63, 3.8) is 0 Å². The highest BCUT2D eigenvalue weighted by Gasteiger charge is 2.23. The number of carbonyl (C=O) groups is 2. The first-order valence-corrected chi connectivity index (χ1v) is 7.03. The van der Waals surface area contributed by atoms with Gasteiger partial charge in [-0.05, 0) is 24.5 Å². The van der Waals surface area contributed by atoms with Crippen LogP contribution in [0.5, 0.6) is 0 Å². The van der Waals surface area contributed by atoms with Crippen LogP contribution in [-0.2, 0) is 4.79 Å². The van der Waals surface area contributed by atoms with Crippen molar-refractivity contribution < 1.29 is 9.59 Å². The summed E-state index contributed by atoms with van der Waals surface area (Å²) in [5.41, 5.74) is 0.320. The summed E-state index contributed by atoms with van der Waals surface area (Å²) < 4.78 is 0. The van der Waals surface area contributed by atoms with Crippen molar-refractivity contribution in [2.24, 2.45) is 5.92 Å². The number of halogens is 1. The van der Waals surface area contributed by atoms with Gasteiger partial charge in [0.2, 0.25) is 5.91 Å². The van der Waals surface area contributed by atoms with Crippen LogP contribution in [-0.4, -0.2) is 24.4 Å². The van der Waals surface area contributed by atoms with Crippen molar-refractivity contribution in [1.29, 1.82) is 5.26 Å². The van der Waals surface area contributed by atoms with Gasteiger partial charge < -0.3 is 10.6 Å². The molecule has 0 saturated carbocycles. The molecular weight excluding hydrogens is 290 g/mol. The summed E-state index contributed by atoms with van der Waals surface area (Å²) in [5.74, 6) is -0.557. The summed E-state index contributed by atoms with van der Waals surface area (Å²) in [6.07, 6.45) is 0.480. The molecule has 0 spiro atoms. The summed E-state index contributed by atoms with van der Waals surface area (Å²) in [5, 5.41) is 14.0. The molecule has 1 aromatic carbocycles. The molecule has 0 aliphatic heterocycles. The third-order valence-electron chi connectivity index (χ3n) is 2.79. The van der Waals surface area contributed by atoms with E-state index in [1.807, 2.05) is 19.9 Å². The molecule has 0 bridgehead atoms. The summed E-state index contributed by atoms with van der Waals surface area (Å²) in [6.45, 7) is 3.81. The molecule has 2 N–H and O–H groups in total. The van der Waals surface area contributed by atoms with Gasteiger partial charge in [0.25, 0.3) is 5.91 Å². The minimum Gasteiger partial charge on any atom is -0.341 e. The zero-order valence-electron chi connectivity index (χ0n) is 12.0. The second-order valence-electron chi connectivity index (χ2n) is 5.01. The summed E-state index contributed by atoms with van der Waals surface area (Å²) in [4.78, 5) is 24.2. The number of rotatable bonds is 6. The van der Waals surface area contributed by atoms with Gasteiger partial charge in [-0.1, -0.05) is 37.6 Å². The SMILES string of the molecule is CC(C)C[C@H](NC(=O)c1ccccc1Cl)C(=O)NCC#N. The van der Waals surface area contributed by atoms with Gasteiger partial charge in [-0.25, -0.2) is 0 Å². The minimum atomic E-state index is -0.692. The van der Waals surface area contributed by atoms with Crippen LogP contribution >= 0.6 is 11.6 Å². The van der Waals surface area contributed by atoms with E-state index in [1.54, 1.807) is 24.3 Å². The largest absolute Gasteiger partial charge is 0.341 e.